The summed E-state index contributed by atoms with van der Waals surface area (Å²) in [6.07, 6.45) is 2.59. The van der Waals surface area contributed by atoms with Crippen LogP contribution < -0.4 is 10.6 Å². The maximum absolute atomic E-state index is 13.5. The monoisotopic (exact) mass is 526 g/mol. The molecule has 4 rings (SSSR count). The number of hydrogen-bond acceptors (Lipinski definition) is 4. The van der Waals surface area contributed by atoms with Crippen molar-refractivity contribution < 1.29 is 18.0 Å². The summed E-state index contributed by atoms with van der Waals surface area (Å²) in [4.78, 5) is 25.8. The van der Waals surface area contributed by atoms with Crippen LogP contribution in [0.5, 0.6) is 0 Å². The van der Waals surface area contributed by atoms with Crippen molar-refractivity contribution in [2.75, 3.05) is 26.2 Å². The molecule has 2 N–H and O–H groups in total. The van der Waals surface area contributed by atoms with Gasteiger partial charge in [-0.3, -0.25) is 9.59 Å². The van der Waals surface area contributed by atoms with Gasteiger partial charge in [0.25, 0.3) is 10.2 Å². The Bertz CT molecular complexity index is 1130. The topological polar surface area (TPSA) is 98.8 Å². The van der Waals surface area contributed by atoms with E-state index in [2.05, 4.69) is 10.6 Å². The van der Waals surface area contributed by atoms with Gasteiger partial charge in [0.15, 0.2) is 0 Å². The Morgan fingerprint density at radius 2 is 1.16 bits per heavy atom. The number of nitrogens with zero attached hydrogens (tertiary/aromatic N) is 2. The van der Waals surface area contributed by atoms with Gasteiger partial charge in [0.2, 0.25) is 11.8 Å². The van der Waals surface area contributed by atoms with Gasteiger partial charge < -0.3 is 10.6 Å². The second kappa shape index (κ2) is 12.2. The van der Waals surface area contributed by atoms with Crippen molar-refractivity contribution in [1.29, 1.82) is 0 Å². The second-order valence-corrected chi connectivity index (χ2v) is 12.1. The van der Waals surface area contributed by atoms with Crippen LogP contribution in [0.25, 0.3) is 0 Å². The Morgan fingerprint density at radius 3 is 1.57 bits per heavy atom. The lowest BCUT2D eigenvalue weighted by atomic mass is 9.98. The van der Waals surface area contributed by atoms with Crippen LogP contribution in [-0.4, -0.2) is 55.0 Å². The van der Waals surface area contributed by atoms with Crippen LogP contribution in [0.1, 0.15) is 47.9 Å². The predicted octanol–water partition coefficient (Wildman–Crippen LogP) is 2.90. The zero-order valence-corrected chi connectivity index (χ0v) is 22.6. The van der Waals surface area contributed by atoms with Crippen molar-refractivity contribution in [3.05, 3.63) is 70.8 Å². The van der Waals surface area contributed by atoms with E-state index in [1.165, 1.54) is 8.61 Å². The lowest BCUT2D eigenvalue weighted by molar-refractivity contribution is -0.126. The zero-order chi connectivity index (χ0) is 26.4. The van der Waals surface area contributed by atoms with E-state index >= 15 is 0 Å². The van der Waals surface area contributed by atoms with E-state index in [1.807, 2.05) is 62.4 Å². The largest absolute Gasteiger partial charge is 0.352 e. The van der Waals surface area contributed by atoms with E-state index in [4.69, 9.17) is 0 Å². The minimum absolute atomic E-state index is 0.116. The first-order valence-electron chi connectivity index (χ1n) is 13.2. The number of carbonyl (C=O) groups excluding carboxylic acids is 2. The van der Waals surface area contributed by atoms with E-state index < -0.39 is 10.2 Å². The highest BCUT2D eigenvalue weighted by atomic mass is 32.2. The first-order chi connectivity index (χ1) is 17.8. The van der Waals surface area contributed by atoms with E-state index in [-0.39, 0.29) is 36.7 Å². The van der Waals surface area contributed by atoms with Crippen LogP contribution in [0.15, 0.2) is 48.5 Å². The number of nitrogens with one attached hydrogen (secondary N) is 2. The molecule has 0 saturated carbocycles. The number of benzene rings is 2. The molecule has 2 atom stereocenters. The molecule has 0 spiro atoms. The maximum atomic E-state index is 13.5. The number of rotatable bonds is 8. The third-order valence-electron chi connectivity index (χ3n) is 7.59. The summed E-state index contributed by atoms with van der Waals surface area (Å²) in [6.45, 7) is 6.00. The molecule has 9 heteroatoms. The SMILES string of the molecule is Cc1ccccc1CNC(=O)[C@@H]1CCCN(S(=O)(=O)N2CCC[C@H](C(=O)NCc3ccccc3C)C2)C1. The normalized spacial score (nSPS) is 21.4. The fraction of sp³-hybridized carbons (Fsp3) is 0.500. The molecule has 2 amide bonds. The first-order valence-corrected chi connectivity index (χ1v) is 14.5. The summed E-state index contributed by atoms with van der Waals surface area (Å²) in [5, 5.41) is 5.98. The van der Waals surface area contributed by atoms with Crippen LogP contribution >= 0.6 is 0 Å². The van der Waals surface area contributed by atoms with E-state index in [9.17, 15) is 18.0 Å². The summed E-state index contributed by atoms with van der Waals surface area (Å²) in [5.41, 5.74) is 4.32. The Labute approximate surface area is 220 Å². The Balaban J connectivity index is 1.33. The molecule has 2 aliphatic rings. The van der Waals surface area contributed by atoms with Gasteiger partial charge in [-0.1, -0.05) is 48.5 Å². The third-order valence-corrected chi connectivity index (χ3v) is 9.56. The lowest BCUT2D eigenvalue weighted by Gasteiger charge is -2.38. The molecule has 0 radical (unpaired) electrons. The summed E-state index contributed by atoms with van der Waals surface area (Å²) in [7, 11) is -3.76. The second-order valence-electron chi connectivity index (χ2n) is 10.2. The van der Waals surface area contributed by atoms with Crippen LogP contribution in [0, 0.1) is 25.7 Å². The molecule has 0 unspecified atom stereocenters. The molecule has 200 valence electrons. The van der Waals surface area contributed by atoms with Gasteiger partial charge >= 0.3 is 0 Å². The average Bonchev–Trinajstić information content (AvgIpc) is 2.92. The predicted molar refractivity (Wildman–Crippen MR) is 144 cm³/mol. The van der Waals surface area contributed by atoms with Crippen molar-refractivity contribution in [1.82, 2.24) is 19.2 Å². The van der Waals surface area contributed by atoms with Crippen LogP contribution in [0.3, 0.4) is 0 Å². The van der Waals surface area contributed by atoms with Gasteiger partial charge in [0.05, 0.1) is 11.8 Å². The van der Waals surface area contributed by atoms with Crippen LogP contribution in [0.4, 0.5) is 0 Å². The molecule has 37 heavy (non-hydrogen) atoms. The van der Waals surface area contributed by atoms with Crippen LogP contribution in [0.2, 0.25) is 0 Å². The van der Waals surface area contributed by atoms with E-state index in [0.29, 0.717) is 51.9 Å². The summed E-state index contributed by atoms with van der Waals surface area (Å²) >= 11 is 0. The molecule has 2 aliphatic heterocycles. The van der Waals surface area contributed by atoms with Crippen molar-refractivity contribution >= 4 is 22.0 Å². The molecule has 2 saturated heterocycles. The van der Waals surface area contributed by atoms with Crippen molar-refractivity contribution in [3.63, 3.8) is 0 Å². The van der Waals surface area contributed by atoms with Gasteiger partial charge in [0, 0.05) is 39.3 Å². The molecule has 0 aromatic heterocycles. The number of aryl methyl sites for hydroxylation is 2. The minimum atomic E-state index is -3.76. The van der Waals surface area contributed by atoms with Crippen molar-refractivity contribution in [2.45, 2.75) is 52.6 Å². The third kappa shape index (κ3) is 6.77. The molecule has 2 fully saturated rings. The van der Waals surface area contributed by atoms with Gasteiger partial charge in [0.1, 0.15) is 0 Å². The van der Waals surface area contributed by atoms with Gasteiger partial charge in [-0.25, -0.2) is 0 Å². The molecular weight excluding hydrogens is 488 g/mol. The molecule has 0 aliphatic carbocycles. The number of piperidine rings is 2. The van der Waals surface area contributed by atoms with Gasteiger partial charge in [-0.2, -0.15) is 17.0 Å². The zero-order valence-electron chi connectivity index (χ0n) is 21.8. The maximum Gasteiger partial charge on any atom is 0.282 e. The lowest BCUT2D eigenvalue weighted by Crippen LogP contribution is -2.53. The van der Waals surface area contributed by atoms with E-state index in [0.717, 1.165) is 22.3 Å². The highest BCUT2D eigenvalue weighted by Crippen LogP contribution is 2.26. The van der Waals surface area contributed by atoms with Crippen LogP contribution in [-0.2, 0) is 32.9 Å². The first kappa shape index (κ1) is 27.3. The summed E-state index contributed by atoms with van der Waals surface area (Å²) in [5.74, 6) is -0.999. The van der Waals surface area contributed by atoms with Gasteiger partial charge in [-0.05, 0) is 61.8 Å². The molecule has 8 nitrogen and oxygen atoms in total. The highest BCUT2D eigenvalue weighted by molar-refractivity contribution is 7.86. The molecule has 2 heterocycles. The molecule has 2 aromatic carbocycles. The quantitative estimate of drug-likeness (QED) is 0.553. The Kier molecular flexibility index (Phi) is 9.00. The van der Waals surface area contributed by atoms with E-state index in [1.54, 1.807) is 0 Å². The molecular formula is C28H38N4O4S. The Hall–Kier alpha value is -2.75. The number of carbonyl (C=O) groups is 2. The van der Waals surface area contributed by atoms with Gasteiger partial charge in [-0.15, -0.1) is 0 Å². The fourth-order valence-electron chi connectivity index (χ4n) is 5.17. The van der Waals surface area contributed by atoms with Crippen molar-refractivity contribution in [3.8, 4) is 0 Å². The minimum Gasteiger partial charge on any atom is -0.352 e. The Morgan fingerprint density at radius 1 is 0.757 bits per heavy atom. The fourth-order valence-corrected chi connectivity index (χ4v) is 6.95. The smallest absolute Gasteiger partial charge is 0.282 e. The number of hydrogen-bond donors (Lipinski definition) is 2. The molecule has 0 bridgehead atoms. The summed E-state index contributed by atoms with van der Waals surface area (Å²) in [6, 6.07) is 15.8. The number of amides is 2. The standard InChI is InChI=1S/C28H38N4O4S/c1-21-9-3-5-11-23(21)17-29-27(33)25-13-7-15-31(19-25)37(35,36)32-16-8-14-26(20-32)28(34)30-18-24-12-6-4-10-22(24)2/h3-6,9-12,25-26H,7-8,13-20H2,1-2H3,(H,29,33)(H,30,34)/t25-,26+. The average molecular weight is 527 g/mol. The summed E-state index contributed by atoms with van der Waals surface area (Å²) < 4.78 is 29.9. The highest BCUT2D eigenvalue weighted by Gasteiger charge is 2.39. The molecule has 2 aromatic rings. The van der Waals surface area contributed by atoms with Crippen molar-refractivity contribution in [2.24, 2.45) is 11.8 Å².